The summed E-state index contributed by atoms with van der Waals surface area (Å²) in [4.78, 5) is 0. The lowest BCUT2D eigenvalue weighted by atomic mass is 10.0. The second-order valence-corrected chi connectivity index (χ2v) is 3.55. The van der Waals surface area contributed by atoms with Crippen molar-refractivity contribution in [2.24, 2.45) is 0 Å². The lowest BCUT2D eigenvalue weighted by Gasteiger charge is -2.11. The molecule has 2 aromatic carbocycles. The first kappa shape index (κ1) is 11.4. The summed E-state index contributed by atoms with van der Waals surface area (Å²) in [5, 5.41) is 0. The fourth-order valence-electron chi connectivity index (χ4n) is 1.67. The standard InChI is InChI=1S/C13H11F2NO/c1-17-12-5-3-2-4-9(12)10-6-8(14)7-11(15)13(10)16/h2-7H,16H2,1H3. The van der Waals surface area contributed by atoms with Gasteiger partial charge in [-0.05, 0) is 12.1 Å². The molecule has 0 amide bonds. The first-order valence-corrected chi connectivity index (χ1v) is 5.01. The molecule has 0 spiro atoms. The molecular weight excluding hydrogens is 224 g/mol. The van der Waals surface area contributed by atoms with Crippen LogP contribution < -0.4 is 10.5 Å². The summed E-state index contributed by atoms with van der Waals surface area (Å²) in [7, 11) is 1.49. The number of methoxy groups -OCH3 is 1. The number of hydrogen-bond donors (Lipinski definition) is 1. The van der Waals surface area contributed by atoms with E-state index >= 15 is 0 Å². The quantitative estimate of drug-likeness (QED) is 0.811. The second-order valence-electron chi connectivity index (χ2n) is 3.55. The summed E-state index contributed by atoms with van der Waals surface area (Å²) < 4.78 is 31.7. The number of ether oxygens (including phenoxy) is 1. The fraction of sp³-hybridized carbons (Fsp3) is 0.0769. The zero-order valence-electron chi connectivity index (χ0n) is 9.21. The van der Waals surface area contributed by atoms with Crippen molar-refractivity contribution in [2.75, 3.05) is 12.8 Å². The van der Waals surface area contributed by atoms with E-state index in [0.717, 1.165) is 6.07 Å². The zero-order valence-corrected chi connectivity index (χ0v) is 9.21. The molecule has 17 heavy (non-hydrogen) atoms. The minimum atomic E-state index is -0.772. The van der Waals surface area contributed by atoms with Crippen molar-refractivity contribution in [3.8, 4) is 16.9 Å². The van der Waals surface area contributed by atoms with Gasteiger partial charge >= 0.3 is 0 Å². The Kier molecular flexibility index (Phi) is 2.95. The number of hydrogen-bond acceptors (Lipinski definition) is 2. The lowest BCUT2D eigenvalue weighted by Crippen LogP contribution is -1.97. The van der Waals surface area contributed by atoms with Gasteiger partial charge in [-0.3, -0.25) is 0 Å². The molecule has 0 saturated heterocycles. The summed E-state index contributed by atoms with van der Waals surface area (Å²) in [6.45, 7) is 0. The Morgan fingerprint density at radius 1 is 1.06 bits per heavy atom. The minimum absolute atomic E-state index is 0.0871. The van der Waals surface area contributed by atoms with Crippen LogP contribution >= 0.6 is 0 Å². The molecule has 2 rings (SSSR count). The van der Waals surface area contributed by atoms with E-state index in [9.17, 15) is 8.78 Å². The number of para-hydroxylation sites is 1. The maximum atomic E-state index is 13.4. The van der Waals surface area contributed by atoms with E-state index in [2.05, 4.69) is 0 Å². The third-order valence-corrected chi connectivity index (χ3v) is 2.49. The molecule has 0 unspecified atom stereocenters. The van der Waals surface area contributed by atoms with Crippen molar-refractivity contribution in [1.29, 1.82) is 0 Å². The maximum absolute atomic E-state index is 13.4. The Balaban J connectivity index is 2.68. The minimum Gasteiger partial charge on any atom is -0.496 e. The maximum Gasteiger partial charge on any atom is 0.149 e. The average molecular weight is 235 g/mol. The molecule has 2 N–H and O–H groups in total. The van der Waals surface area contributed by atoms with E-state index in [0.29, 0.717) is 16.9 Å². The Morgan fingerprint density at radius 3 is 2.47 bits per heavy atom. The first-order valence-electron chi connectivity index (χ1n) is 5.01. The molecule has 0 aliphatic carbocycles. The third-order valence-electron chi connectivity index (χ3n) is 2.49. The first-order chi connectivity index (χ1) is 8.13. The molecule has 2 aromatic rings. The van der Waals surface area contributed by atoms with Crippen LogP contribution in [-0.4, -0.2) is 7.11 Å². The van der Waals surface area contributed by atoms with Crippen LogP contribution in [0, 0.1) is 11.6 Å². The molecule has 0 aromatic heterocycles. The highest BCUT2D eigenvalue weighted by molar-refractivity contribution is 5.80. The second kappa shape index (κ2) is 4.41. The van der Waals surface area contributed by atoms with Crippen LogP contribution in [0.1, 0.15) is 0 Å². The molecule has 88 valence electrons. The highest BCUT2D eigenvalue weighted by Gasteiger charge is 2.13. The SMILES string of the molecule is COc1ccccc1-c1cc(F)cc(F)c1N. The van der Waals surface area contributed by atoms with Gasteiger partial charge in [-0.25, -0.2) is 8.78 Å². The van der Waals surface area contributed by atoms with Gasteiger partial charge in [0.2, 0.25) is 0 Å². The monoisotopic (exact) mass is 235 g/mol. The van der Waals surface area contributed by atoms with Gasteiger partial charge in [0, 0.05) is 17.2 Å². The van der Waals surface area contributed by atoms with Crippen LogP contribution in [0.15, 0.2) is 36.4 Å². The van der Waals surface area contributed by atoms with Gasteiger partial charge in [0.25, 0.3) is 0 Å². The van der Waals surface area contributed by atoms with Crippen molar-refractivity contribution < 1.29 is 13.5 Å². The molecule has 0 atom stereocenters. The largest absolute Gasteiger partial charge is 0.496 e. The highest BCUT2D eigenvalue weighted by atomic mass is 19.1. The Bertz CT molecular complexity index is 555. The fourth-order valence-corrected chi connectivity index (χ4v) is 1.67. The van der Waals surface area contributed by atoms with E-state index in [1.807, 2.05) is 0 Å². The number of halogens is 2. The van der Waals surface area contributed by atoms with E-state index in [1.165, 1.54) is 13.2 Å². The summed E-state index contributed by atoms with van der Waals surface area (Å²) in [6, 6.07) is 8.87. The smallest absolute Gasteiger partial charge is 0.149 e. The topological polar surface area (TPSA) is 35.2 Å². The average Bonchev–Trinajstić information content (AvgIpc) is 2.33. The lowest BCUT2D eigenvalue weighted by molar-refractivity contribution is 0.416. The Hall–Kier alpha value is -2.10. The van der Waals surface area contributed by atoms with E-state index < -0.39 is 11.6 Å². The highest BCUT2D eigenvalue weighted by Crippen LogP contribution is 2.35. The predicted molar refractivity (Wildman–Crippen MR) is 62.8 cm³/mol. The van der Waals surface area contributed by atoms with Crippen LogP contribution in [0.25, 0.3) is 11.1 Å². The normalized spacial score (nSPS) is 10.3. The van der Waals surface area contributed by atoms with E-state index in [4.69, 9.17) is 10.5 Å². The van der Waals surface area contributed by atoms with Gasteiger partial charge in [-0.2, -0.15) is 0 Å². The molecule has 2 nitrogen and oxygen atoms in total. The molecule has 0 aliphatic rings. The molecular formula is C13H11F2NO. The van der Waals surface area contributed by atoms with Crippen LogP contribution in [0.3, 0.4) is 0 Å². The number of nitrogen functional groups attached to an aromatic ring is 1. The van der Waals surface area contributed by atoms with Gasteiger partial charge in [0.05, 0.1) is 12.8 Å². The van der Waals surface area contributed by atoms with Gasteiger partial charge in [-0.15, -0.1) is 0 Å². The summed E-state index contributed by atoms with van der Waals surface area (Å²) >= 11 is 0. The number of rotatable bonds is 2. The Labute approximate surface area is 97.6 Å². The van der Waals surface area contributed by atoms with Crippen LogP contribution in [-0.2, 0) is 0 Å². The van der Waals surface area contributed by atoms with Crippen molar-refractivity contribution in [2.45, 2.75) is 0 Å². The molecule has 0 heterocycles. The zero-order chi connectivity index (χ0) is 12.4. The van der Waals surface area contributed by atoms with Crippen molar-refractivity contribution in [3.05, 3.63) is 48.0 Å². The van der Waals surface area contributed by atoms with Crippen LogP contribution in [0.5, 0.6) is 5.75 Å². The van der Waals surface area contributed by atoms with E-state index in [1.54, 1.807) is 24.3 Å². The van der Waals surface area contributed by atoms with Gasteiger partial charge in [0.15, 0.2) is 0 Å². The summed E-state index contributed by atoms with van der Waals surface area (Å²) in [5.41, 5.74) is 6.38. The predicted octanol–water partition coefficient (Wildman–Crippen LogP) is 3.22. The number of nitrogens with two attached hydrogens (primary N) is 1. The molecule has 0 saturated carbocycles. The molecule has 0 fully saturated rings. The number of benzene rings is 2. The third kappa shape index (κ3) is 2.06. The molecule has 0 aliphatic heterocycles. The summed E-state index contributed by atoms with van der Waals surface area (Å²) in [5.74, 6) is -0.923. The van der Waals surface area contributed by atoms with Crippen LogP contribution in [0.4, 0.5) is 14.5 Å². The molecule has 0 radical (unpaired) electrons. The van der Waals surface area contributed by atoms with E-state index in [-0.39, 0.29) is 5.69 Å². The Morgan fingerprint density at radius 2 is 1.76 bits per heavy atom. The summed E-state index contributed by atoms with van der Waals surface area (Å²) in [6.07, 6.45) is 0. The van der Waals surface area contributed by atoms with Gasteiger partial charge in [-0.1, -0.05) is 18.2 Å². The van der Waals surface area contributed by atoms with Gasteiger partial charge in [0.1, 0.15) is 17.4 Å². The number of anilines is 1. The van der Waals surface area contributed by atoms with Crippen molar-refractivity contribution in [3.63, 3.8) is 0 Å². The molecule has 4 heteroatoms. The molecule has 0 bridgehead atoms. The van der Waals surface area contributed by atoms with Crippen molar-refractivity contribution >= 4 is 5.69 Å². The van der Waals surface area contributed by atoms with Crippen molar-refractivity contribution in [1.82, 2.24) is 0 Å². The van der Waals surface area contributed by atoms with Crippen LogP contribution in [0.2, 0.25) is 0 Å². The van der Waals surface area contributed by atoms with Gasteiger partial charge < -0.3 is 10.5 Å².